The normalized spacial score (nSPS) is 18.4. The minimum atomic E-state index is -2.44. The molecule has 132 valence electrons. The minimum Gasteiger partial charge on any atom is -0.286 e. The van der Waals surface area contributed by atoms with Crippen molar-refractivity contribution in [3.63, 3.8) is 0 Å². The molecule has 22 heavy (non-hydrogen) atoms. The SMILES string of the molecule is CCCCCCCC(C)(CCCCCCC)N1CC(F)(F)C1. The van der Waals surface area contributed by atoms with Gasteiger partial charge in [-0.05, 0) is 19.8 Å². The van der Waals surface area contributed by atoms with E-state index >= 15 is 0 Å². The van der Waals surface area contributed by atoms with Crippen LogP contribution in [0.25, 0.3) is 0 Å². The van der Waals surface area contributed by atoms with Gasteiger partial charge in [-0.2, -0.15) is 0 Å². The zero-order valence-electron chi connectivity index (χ0n) is 15.1. The number of alkyl halides is 2. The molecular weight excluding hydrogens is 280 g/mol. The van der Waals surface area contributed by atoms with E-state index in [0.29, 0.717) is 0 Å². The van der Waals surface area contributed by atoms with Gasteiger partial charge < -0.3 is 0 Å². The zero-order chi connectivity index (χ0) is 16.5. The Morgan fingerprint density at radius 2 is 1.18 bits per heavy atom. The highest BCUT2D eigenvalue weighted by molar-refractivity contribution is 4.98. The van der Waals surface area contributed by atoms with E-state index in [4.69, 9.17) is 0 Å². The van der Waals surface area contributed by atoms with Crippen molar-refractivity contribution in [3.8, 4) is 0 Å². The topological polar surface area (TPSA) is 3.24 Å². The molecule has 1 aliphatic rings. The van der Waals surface area contributed by atoms with Crippen LogP contribution in [0.15, 0.2) is 0 Å². The minimum absolute atomic E-state index is 0.000108. The standard InChI is InChI=1S/C19H37F2N/c1-4-6-8-10-12-14-18(3,15-13-11-9-7-5-2)22-16-19(20,21)17-22/h4-17H2,1-3H3. The molecule has 0 N–H and O–H groups in total. The second-order valence-electron chi connectivity index (χ2n) is 7.54. The van der Waals surface area contributed by atoms with Crippen molar-refractivity contribution in [1.82, 2.24) is 4.90 Å². The number of halogens is 2. The van der Waals surface area contributed by atoms with E-state index in [9.17, 15) is 8.78 Å². The predicted octanol–water partition coefficient (Wildman–Crippen LogP) is 6.42. The summed E-state index contributed by atoms with van der Waals surface area (Å²) in [6, 6.07) is 0. The lowest BCUT2D eigenvalue weighted by Gasteiger charge is -2.51. The summed E-state index contributed by atoms with van der Waals surface area (Å²) in [5.74, 6) is -2.44. The molecule has 1 aliphatic heterocycles. The number of nitrogens with zero attached hydrogens (tertiary/aromatic N) is 1. The van der Waals surface area contributed by atoms with Gasteiger partial charge in [-0.25, -0.2) is 8.78 Å². The summed E-state index contributed by atoms with van der Waals surface area (Å²) >= 11 is 0. The first-order valence-electron chi connectivity index (χ1n) is 9.56. The largest absolute Gasteiger partial charge is 0.286 e. The molecule has 0 unspecified atom stereocenters. The lowest BCUT2D eigenvalue weighted by atomic mass is 9.83. The van der Waals surface area contributed by atoms with Crippen LogP contribution in [0.5, 0.6) is 0 Å². The van der Waals surface area contributed by atoms with Crippen LogP contribution in [0, 0.1) is 0 Å². The van der Waals surface area contributed by atoms with Crippen LogP contribution in [0.2, 0.25) is 0 Å². The Kier molecular flexibility index (Phi) is 8.89. The maximum Gasteiger partial charge on any atom is 0.272 e. The van der Waals surface area contributed by atoms with Crippen molar-refractivity contribution in [2.75, 3.05) is 13.1 Å². The van der Waals surface area contributed by atoms with Gasteiger partial charge in [0.1, 0.15) is 0 Å². The van der Waals surface area contributed by atoms with Gasteiger partial charge in [0.25, 0.3) is 5.92 Å². The third-order valence-electron chi connectivity index (χ3n) is 5.25. The number of hydrogen-bond donors (Lipinski definition) is 0. The van der Waals surface area contributed by atoms with Crippen LogP contribution in [0.3, 0.4) is 0 Å². The zero-order valence-corrected chi connectivity index (χ0v) is 15.1. The summed E-state index contributed by atoms with van der Waals surface area (Å²) in [5.41, 5.74) is 0.000108. The molecule has 0 radical (unpaired) electrons. The maximum atomic E-state index is 13.3. The van der Waals surface area contributed by atoms with Crippen LogP contribution in [0.1, 0.15) is 97.8 Å². The summed E-state index contributed by atoms with van der Waals surface area (Å²) in [6.07, 6.45) is 14.7. The van der Waals surface area contributed by atoms with Crippen LogP contribution < -0.4 is 0 Å². The second kappa shape index (κ2) is 9.85. The average molecular weight is 318 g/mol. The highest BCUT2D eigenvalue weighted by Gasteiger charge is 2.50. The van der Waals surface area contributed by atoms with E-state index < -0.39 is 5.92 Å². The molecule has 0 aliphatic carbocycles. The number of likely N-dealkylation sites (tertiary alicyclic amines) is 1. The second-order valence-corrected chi connectivity index (χ2v) is 7.54. The van der Waals surface area contributed by atoms with Gasteiger partial charge in [0.2, 0.25) is 0 Å². The van der Waals surface area contributed by atoms with Crippen LogP contribution in [-0.2, 0) is 0 Å². The Morgan fingerprint density at radius 3 is 1.55 bits per heavy atom. The Hall–Kier alpha value is -0.180. The van der Waals surface area contributed by atoms with E-state index in [0.717, 1.165) is 12.8 Å². The lowest BCUT2D eigenvalue weighted by Crippen LogP contribution is -2.64. The van der Waals surface area contributed by atoms with E-state index in [-0.39, 0.29) is 18.6 Å². The van der Waals surface area contributed by atoms with Crippen molar-refractivity contribution in [2.24, 2.45) is 0 Å². The van der Waals surface area contributed by atoms with Crippen molar-refractivity contribution in [2.45, 2.75) is 109 Å². The molecule has 0 aromatic rings. The summed E-state index contributed by atoms with van der Waals surface area (Å²) in [4.78, 5) is 2.05. The Balaban J connectivity index is 2.35. The van der Waals surface area contributed by atoms with Gasteiger partial charge in [0.05, 0.1) is 13.1 Å². The highest BCUT2D eigenvalue weighted by Crippen LogP contribution is 2.38. The fourth-order valence-electron chi connectivity index (χ4n) is 3.55. The monoisotopic (exact) mass is 317 g/mol. The summed E-state index contributed by atoms with van der Waals surface area (Å²) in [5, 5.41) is 0. The van der Waals surface area contributed by atoms with Crippen molar-refractivity contribution in [3.05, 3.63) is 0 Å². The molecule has 0 aromatic carbocycles. The third kappa shape index (κ3) is 6.93. The first-order valence-corrected chi connectivity index (χ1v) is 9.56. The Labute approximate surface area is 136 Å². The smallest absolute Gasteiger partial charge is 0.272 e. The number of rotatable bonds is 13. The van der Waals surface area contributed by atoms with Gasteiger partial charge in [-0.1, -0.05) is 78.1 Å². The van der Waals surface area contributed by atoms with Gasteiger partial charge >= 0.3 is 0 Å². The van der Waals surface area contributed by atoms with Gasteiger partial charge in [0.15, 0.2) is 0 Å². The molecule has 0 bridgehead atoms. The molecule has 0 aromatic heterocycles. The van der Waals surface area contributed by atoms with E-state index in [2.05, 4.69) is 20.8 Å². The Bertz CT molecular complexity index is 269. The first kappa shape index (κ1) is 19.9. The molecule has 0 saturated carbocycles. The van der Waals surface area contributed by atoms with E-state index in [1.54, 1.807) is 0 Å². The molecular formula is C19H37F2N. The Morgan fingerprint density at radius 1 is 0.773 bits per heavy atom. The van der Waals surface area contributed by atoms with Gasteiger partial charge in [0, 0.05) is 5.54 Å². The third-order valence-corrected chi connectivity index (χ3v) is 5.25. The van der Waals surface area contributed by atoms with E-state index in [1.807, 2.05) is 4.90 Å². The summed E-state index contributed by atoms with van der Waals surface area (Å²) < 4.78 is 26.5. The fourth-order valence-corrected chi connectivity index (χ4v) is 3.55. The van der Waals surface area contributed by atoms with Crippen LogP contribution in [-0.4, -0.2) is 29.5 Å². The number of unbranched alkanes of at least 4 members (excludes halogenated alkanes) is 8. The van der Waals surface area contributed by atoms with Crippen molar-refractivity contribution < 1.29 is 8.78 Å². The predicted molar refractivity (Wildman–Crippen MR) is 91.7 cm³/mol. The van der Waals surface area contributed by atoms with Crippen molar-refractivity contribution >= 4 is 0 Å². The van der Waals surface area contributed by atoms with E-state index in [1.165, 1.54) is 64.2 Å². The van der Waals surface area contributed by atoms with Gasteiger partial charge in [-0.3, -0.25) is 4.90 Å². The molecule has 0 amide bonds. The first-order chi connectivity index (χ1) is 10.4. The number of hydrogen-bond acceptors (Lipinski definition) is 1. The molecule has 1 heterocycles. The van der Waals surface area contributed by atoms with Crippen LogP contribution >= 0.6 is 0 Å². The molecule has 1 nitrogen and oxygen atoms in total. The molecule has 3 heteroatoms. The molecule has 0 atom stereocenters. The highest BCUT2D eigenvalue weighted by atomic mass is 19.3. The molecule has 1 saturated heterocycles. The van der Waals surface area contributed by atoms with Crippen LogP contribution in [0.4, 0.5) is 8.78 Å². The lowest BCUT2D eigenvalue weighted by molar-refractivity contribution is -0.170. The summed E-state index contributed by atoms with van der Waals surface area (Å²) in [7, 11) is 0. The maximum absolute atomic E-state index is 13.3. The quantitative estimate of drug-likeness (QED) is 0.354. The van der Waals surface area contributed by atoms with Crippen molar-refractivity contribution in [1.29, 1.82) is 0 Å². The molecule has 0 spiro atoms. The molecule has 1 fully saturated rings. The average Bonchev–Trinajstić information content (AvgIpc) is 2.44. The fraction of sp³-hybridized carbons (Fsp3) is 1.00. The van der Waals surface area contributed by atoms with Gasteiger partial charge in [-0.15, -0.1) is 0 Å². The molecule has 1 rings (SSSR count). The summed E-state index contributed by atoms with van der Waals surface area (Å²) in [6.45, 7) is 6.63.